The number of pyridine rings is 1. The summed E-state index contributed by atoms with van der Waals surface area (Å²) in [6.45, 7) is 6.91. The highest BCUT2D eigenvalue weighted by Gasteiger charge is 2.29. The quantitative estimate of drug-likeness (QED) is 0.808. The highest BCUT2D eigenvalue weighted by molar-refractivity contribution is 5.85. The minimum absolute atomic E-state index is 0.0630. The first kappa shape index (κ1) is 12.8. The Labute approximate surface area is 108 Å². The van der Waals surface area contributed by atoms with Crippen molar-refractivity contribution in [2.24, 2.45) is 0 Å². The fourth-order valence-electron chi connectivity index (χ4n) is 2.19. The summed E-state index contributed by atoms with van der Waals surface area (Å²) in [6, 6.07) is 5.74. The van der Waals surface area contributed by atoms with Crippen LogP contribution in [0.2, 0.25) is 0 Å². The van der Waals surface area contributed by atoms with E-state index in [-0.39, 0.29) is 11.9 Å². The molecule has 98 valence electrons. The number of aryl methyl sites for hydroxylation is 1. The Kier molecular flexibility index (Phi) is 4.15. The van der Waals surface area contributed by atoms with Gasteiger partial charge in [0.2, 0.25) is 5.91 Å². The highest BCUT2D eigenvalue weighted by Crippen LogP contribution is 2.16. The molecule has 1 aliphatic rings. The smallest absolute Gasteiger partial charge is 0.244 e. The second kappa shape index (κ2) is 5.82. The van der Waals surface area contributed by atoms with E-state index in [2.05, 4.69) is 20.5 Å². The van der Waals surface area contributed by atoms with Gasteiger partial charge in [0.1, 0.15) is 11.9 Å². The molecule has 2 rings (SSSR count). The molecule has 0 bridgehead atoms. The molecule has 1 fully saturated rings. The number of likely N-dealkylation sites (N-methyl/N-ethyl adjacent to an activating group) is 1. The van der Waals surface area contributed by atoms with E-state index in [1.165, 1.54) is 0 Å². The zero-order valence-corrected chi connectivity index (χ0v) is 10.9. The summed E-state index contributed by atoms with van der Waals surface area (Å²) in [4.78, 5) is 18.6. The first-order valence-electron chi connectivity index (χ1n) is 6.41. The number of hydrogen-bond donors (Lipinski definition) is 2. The molecule has 2 N–H and O–H groups in total. The van der Waals surface area contributed by atoms with Crippen molar-refractivity contribution in [1.29, 1.82) is 0 Å². The van der Waals surface area contributed by atoms with E-state index in [1.54, 1.807) is 0 Å². The van der Waals surface area contributed by atoms with Crippen LogP contribution in [0.15, 0.2) is 18.2 Å². The van der Waals surface area contributed by atoms with Gasteiger partial charge in [0.25, 0.3) is 0 Å². The molecule has 0 radical (unpaired) electrons. The van der Waals surface area contributed by atoms with Gasteiger partial charge in [0.05, 0.1) is 0 Å². The standard InChI is InChI=1S/C13H20N4O/c1-3-15-13(18)11-9-14-7-8-17(11)12-6-4-5-10(2)16-12/h4-6,11,14H,3,7-9H2,1-2H3,(H,15,18). The normalized spacial score (nSPS) is 19.7. The Hall–Kier alpha value is -1.62. The van der Waals surface area contributed by atoms with E-state index in [0.29, 0.717) is 13.1 Å². The van der Waals surface area contributed by atoms with Gasteiger partial charge in [-0.3, -0.25) is 4.79 Å². The van der Waals surface area contributed by atoms with Crippen molar-refractivity contribution in [2.75, 3.05) is 31.1 Å². The van der Waals surface area contributed by atoms with Gasteiger partial charge >= 0.3 is 0 Å². The van der Waals surface area contributed by atoms with Crippen LogP contribution in [-0.4, -0.2) is 43.1 Å². The Morgan fingerprint density at radius 3 is 3.17 bits per heavy atom. The van der Waals surface area contributed by atoms with Gasteiger partial charge in [0.15, 0.2) is 0 Å². The predicted octanol–water partition coefficient (Wildman–Crippen LogP) is 0.304. The Balaban J connectivity index is 2.20. The summed E-state index contributed by atoms with van der Waals surface area (Å²) in [6.07, 6.45) is 0. The van der Waals surface area contributed by atoms with E-state index >= 15 is 0 Å². The molecule has 1 amide bonds. The van der Waals surface area contributed by atoms with E-state index in [0.717, 1.165) is 24.6 Å². The van der Waals surface area contributed by atoms with Crippen LogP contribution in [0.4, 0.5) is 5.82 Å². The molecule has 1 aromatic heterocycles. The Morgan fingerprint density at radius 2 is 2.44 bits per heavy atom. The van der Waals surface area contributed by atoms with Gasteiger partial charge in [-0.25, -0.2) is 4.98 Å². The number of rotatable bonds is 3. The zero-order valence-electron chi connectivity index (χ0n) is 10.9. The summed E-state index contributed by atoms with van der Waals surface area (Å²) in [5.41, 5.74) is 0.973. The van der Waals surface area contributed by atoms with Gasteiger partial charge in [-0.1, -0.05) is 6.07 Å². The maximum Gasteiger partial charge on any atom is 0.244 e. The number of aromatic nitrogens is 1. The van der Waals surface area contributed by atoms with Crippen molar-refractivity contribution < 1.29 is 4.79 Å². The third-order valence-electron chi connectivity index (χ3n) is 3.06. The van der Waals surface area contributed by atoms with Gasteiger partial charge in [-0.05, 0) is 26.0 Å². The Bertz CT molecular complexity index is 421. The van der Waals surface area contributed by atoms with Crippen molar-refractivity contribution in [2.45, 2.75) is 19.9 Å². The van der Waals surface area contributed by atoms with Crippen LogP contribution in [-0.2, 0) is 4.79 Å². The van der Waals surface area contributed by atoms with Crippen molar-refractivity contribution in [3.05, 3.63) is 23.9 Å². The summed E-state index contributed by atoms with van der Waals surface area (Å²) in [7, 11) is 0. The largest absolute Gasteiger partial charge is 0.355 e. The summed E-state index contributed by atoms with van der Waals surface area (Å²) in [5.74, 6) is 0.945. The molecule has 1 unspecified atom stereocenters. The third-order valence-corrected chi connectivity index (χ3v) is 3.06. The van der Waals surface area contributed by atoms with E-state index in [1.807, 2.05) is 32.0 Å². The van der Waals surface area contributed by atoms with Crippen molar-refractivity contribution in [3.63, 3.8) is 0 Å². The summed E-state index contributed by atoms with van der Waals surface area (Å²) in [5, 5.41) is 6.14. The molecule has 1 saturated heterocycles. The molecule has 1 aromatic rings. The second-order valence-corrected chi connectivity index (χ2v) is 4.45. The SMILES string of the molecule is CCNC(=O)C1CNCCN1c1cccc(C)n1. The number of hydrogen-bond acceptors (Lipinski definition) is 4. The van der Waals surface area contributed by atoms with Crippen molar-refractivity contribution in [3.8, 4) is 0 Å². The molecule has 0 spiro atoms. The zero-order chi connectivity index (χ0) is 13.0. The molecule has 5 nitrogen and oxygen atoms in total. The molecule has 0 saturated carbocycles. The van der Waals surface area contributed by atoms with Gasteiger partial charge in [0, 0.05) is 31.9 Å². The lowest BCUT2D eigenvalue weighted by molar-refractivity contribution is -0.122. The lowest BCUT2D eigenvalue weighted by Crippen LogP contribution is -2.58. The van der Waals surface area contributed by atoms with Crippen LogP contribution in [0.5, 0.6) is 0 Å². The molecular weight excluding hydrogens is 228 g/mol. The van der Waals surface area contributed by atoms with Crippen LogP contribution < -0.4 is 15.5 Å². The average molecular weight is 248 g/mol. The first-order chi connectivity index (χ1) is 8.72. The number of nitrogens with zero attached hydrogens (tertiary/aromatic N) is 2. The van der Waals surface area contributed by atoms with Crippen molar-refractivity contribution >= 4 is 11.7 Å². The van der Waals surface area contributed by atoms with Crippen LogP contribution in [0.3, 0.4) is 0 Å². The van der Waals surface area contributed by atoms with E-state index < -0.39 is 0 Å². The minimum Gasteiger partial charge on any atom is -0.355 e. The van der Waals surface area contributed by atoms with Crippen LogP contribution in [0, 0.1) is 6.92 Å². The molecule has 1 atom stereocenters. The van der Waals surface area contributed by atoms with Crippen LogP contribution in [0.25, 0.3) is 0 Å². The van der Waals surface area contributed by atoms with Crippen LogP contribution >= 0.6 is 0 Å². The fraction of sp³-hybridized carbons (Fsp3) is 0.538. The monoisotopic (exact) mass is 248 g/mol. The number of nitrogens with one attached hydrogen (secondary N) is 2. The highest BCUT2D eigenvalue weighted by atomic mass is 16.2. The van der Waals surface area contributed by atoms with E-state index in [4.69, 9.17) is 0 Å². The van der Waals surface area contributed by atoms with Gasteiger partial charge in [-0.15, -0.1) is 0 Å². The van der Waals surface area contributed by atoms with Crippen molar-refractivity contribution in [1.82, 2.24) is 15.6 Å². The molecular formula is C13H20N4O. The Morgan fingerprint density at radius 1 is 1.61 bits per heavy atom. The second-order valence-electron chi connectivity index (χ2n) is 4.45. The predicted molar refractivity (Wildman–Crippen MR) is 71.7 cm³/mol. The summed E-state index contributed by atoms with van der Waals surface area (Å²) < 4.78 is 0. The summed E-state index contributed by atoms with van der Waals surface area (Å²) >= 11 is 0. The topological polar surface area (TPSA) is 57.3 Å². The number of carbonyl (C=O) groups is 1. The minimum atomic E-state index is -0.173. The fourth-order valence-corrected chi connectivity index (χ4v) is 2.19. The van der Waals surface area contributed by atoms with E-state index in [9.17, 15) is 4.79 Å². The first-order valence-corrected chi connectivity index (χ1v) is 6.41. The van der Waals surface area contributed by atoms with Crippen LogP contribution in [0.1, 0.15) is 12.6 Å². The number of amides is 1. The average Bonchev–Trinajstić information content (AvgIpc) is 2.39. The number of anilines is 1. The number of carbonyl (C=O) groups excluding carboxylic acids is 1. The molecule has 0 aliphatic carbocycles. The molecule has 5 heteroatoms. The third kappa shape index (κ3) is 2.79. The lowest BCUT2D eigenvalue weighted by atomic mass is 10.1. The maximum atomic E-state index is 12.0. The number of piperazine rings is 1. The molecule has 1 aliphatic heterocycles. The lowest BCUT2D eigenvalue weighted by Gasteiger charge is -2.36. The van der Waals surface area contributed by atoms with Gasteiger partial charge in [-0.2, -0.15) is 0 Å². The van der Waals surface area contributed by atoms with Gasteiger partial charge < -0.3 is 15.5 Å². The molecule has 18 heavy (non-hydrogen) atoms. The maximum absolute atomic E-state index is 12.0. The molecule has 0 aromatic carbocycles. The molecule has 2 heterocycles.